The van der Waals surface area contributed by atoms with Crippen LogP contribution in [0.2, 0.25) is 0 Å². The predicted octanol–water partition coefficient (Wildman–Crippen LogP) is 4.28. The molecule has 3 rings (SSSR count). The van der Waals surface area contributed by atoms with Crippen LogP contribution in [0.4, 0.5) is 5.69 Å². The van der Waals surface area contributed by atoms with E-state index in [-0.39, 0.29) is 5.56 Å². The maximum atomic E-state index is 12.4. The molecule has 0 saturated carbocycles. The Labute approximate surface area is 162 Å². The number of anilines is 1. The van der Waals surface area contributed by atoms with Gasteiger partial charge in [0, 0.05) is 5.69 Å². The molecule has 0 aliphatic rings. The third-order valence-electron chi connectivity index (χ3n) is 3.79. The average Bonchev–Trinajstić information content (AvgIpc) is 2.74. The summed E-state index contributed by atoms with van der Waals surface area (Å²) < 4.78 is 15.9. The lowest BCUT2D eigenvalue weighted by atomic mass is 10.2. The number of hydrogen-bond acceptors (Lipinski definition) is 5. The van der Waals surface area contributed by atoms with Gasteiger partial charge < -0.3 is 19.5 Å². The molecule has 28 heavy (non-hydrogen) atoms. The van der Waals surface area contributed by atoms with E-state index in [4.69, 9.17) is 14.2 Å². The van der Waals surface area contributed by atoms with Crippen LogP contribution in [0, 0.1) is 0 Å². The predicted molar refractivity (Wildman–Crippen MR) is 105 cm³/mol. The van der Waals surface area contributed by atoms with E-state index in [1.165, 1.54) is 0 Å². The van der Waals surface area contributed by atoms with Gasteiger partial charge in [0.25, 0.3) is 5.91 Å². The van der Waals surface area contributed by atoms with Gasteiger partial charge in [0.1, 0.15) is 22.8 Å². The second-order valence-corrected chi connectivity index (χ2v) is 5.76. The SMILES string of the molecule is COc1ccc(NC(=O)COC(=O)c2ccccc2Oc2ccccc2)cc1. The zero-order valence-electron chi connectivity index (χ0n) is 15.3. The fourth-order valence-electron chi connectivity index (χ4n) is 2.42. The first-order chi connectivity index (χ1) is 13.7. The van der Waals surface area contributed by atoms with E-state index >= 15 is 0 Å². The zero-order chi connectivity index (χ0) is 19.8. The maximum absolute atomic E-state index is 12.4. The summed E-state index contributed by atoms with van der Waals surface area (Å²) in [5, 5.41) is 2.65. The Balaban J connectivity index is 1.59. The van der Waals surface area contributed by atoms with Crippen LogP contribution in [0.5, 0.6) is 17.2 Å². The summed E-state index contributed by atoms with van der Waals surface area (Å²) in [4.78, 5) is 24.4. The summed E-state index contributed by atoms with van der Waals surface area (Å²) >= 11 is 0. The molecular weight excluding hydrogens is 358 g/mol. The molecule has 3 aromatic rings. The molecule has 142 valence electrons. The van der Waals surface area contributed by atoms with Crippen molar-refractivity contribution in [3.8, 4) is 17.2 Å². The molecule has 6 nitrogen and oxygen atoms in total. The van der Waals surface area contributed by atoms with Gasteiger partial charge in [-0.1, -0.05) is 30.3 Å². The molecule has 0 saturated heterocycles. The van der Waals surface area contributed by atoms with Crippen LogP contribution < -0.4 is 14.8 Å². The van der Waals surface area contributed by atoms with E-state index in [0.717, 1.165) is 0 Å². The lowest BCUT2D eigenvalue weighted by Gasteiger charge is -2.11. The summed E-state index contributed by atoms with van der Waals surface area (Å²) in [5.74, 6) is 0.546. The number of rotatable bonds is 7. The normalized spacial score (nSPS) is 10.0. The third kappa shape index (κ3) is 5.11. The quantitative estimate of drug-likeness (QED) is 0.622. The molecule has 0 spiro atoms. The summed E-state index contributed by atoms with van der Waals surface area (Å²) in [6, 6.07) is 22.6. The van der Waals surface area contributed by atoms with E-state index in [2.05, 4.69) is 5.32 Å². The van der Waals surface area contributed by atoms with Crippen molar-refractivity contribution in [2.45, 2.75) is 0 Å². The van der Waals surface area contributed by atoms with Crippen molar-refractivity contribution in [1.82, 2.24) is 0 Å². The highest BCUT2D eigenvalue weighted by Crippen LogP contribution is 2.25. The molecule has 0 aliphatic heterocycles. The standard InChI is InChI=1S/C22H19NO5/c1-26-17-13-11-16(12-14-17)23-21(24)15-27-22(25)19-9-5-6-10-20(19)28-18-7-3-2-4-8-18/h2-14H,15H2,1H3,(H,23,24). The molecular formula is C22H19NO5. The third-order valence-corrected chi connectivity index (χ3v) is 3.79. The number of carbonyl (C=O) groups excluding carboxylic acids is 2. The van der Waals surface area contributed by atoms with Crippen molar-refractivity contribution in [1.29, 1.82) is 0 Å². The number of carbonyl (C=O) groups is 2. The molecule has 0 unspecified atom stereocenters. The summed E-state index contributed by atoms with van der Waals surface area (Å²) in [6.07, 6.45) is 0. The number of methoxy groups -OCH3 is 1. The monoisotopic (exact) mass is 377 g/mol. The van der Waals surface area contributed by atoms with E-state index < -0.39 is 18.5 Å². The van der Waals surface area contributed by atoms with E-state index in [0.29, 0.717) is 22.9 Å². The second kappa shape index (κ2) is 9.23. The fraction of sp³-hybridized carbons (Fsp3) is 0.0909. The Kier molecular flexibility index (Phi) is 6.25. The van der Waals surface area contributed by atoms with Crippen LogP contribution in [0.15, 0.2) is 78.9 Å². The molecule has 1 N–H and O–H groups in total. The average molecular weight is 377 g/mol. The molecule has 6 heteroatoms. The van der Waals surface area contributed by atoms with Gasteiger partial charge in [-0.15, -0.1) is 0 Å². The zero-order valence-corrected chi connectivity index (χ0v) is 15.3. The Hall–Kier alpha value is -3.80. The van der Waals surface area contributed by atoms with Crippen molar-refractivity contribution in [2.75, 3.05) is 19.0 Å². The second-order valence-electron chi connectivity index (χ2n) is 5.76. The molecule has 0 fully saturated rings. The number of hydrogen-bond donors (Lipinski definition) is 1. The van der Waals surface area contributed by atoms with Crippen LogP contribution in [0.3, 0.4) is 0 Å². The minimum Gasteiger partial charge on any atom is -0.497 e. The van der Waals surface area contributed by atoms with Gasteiger partial charge in [0.05, 0.1) is 7.11 Å². The highest BCUT2D eigenvalue weighted by Gasteiger charge is 2.16. The Morgan fingerprint density at radius 3 is 2.21 bits per heavy atom. The highest BCUT2D eigenvalue weighted by atomic mass is 16.5. The molecule has 3 aromatic carbocycles. The first kappa shape index (κ1) is 19.0. The molecule has 1 amide bonds. The van der Waals surface area contributed by atoms with E-state index in [1.807, 2.05) is 18.2 Å². The van der Waals surface area contributed by atoms with Crippen molar-refractivity contribution in [3.05, 3.63) is 84.4 Å². The number of amides is 1. The lowest BCUT2D eigenvalue weighted by Crippen LogP contribution is -2.21. The van der Waals surface area contributed by atoms with Crippen LogP contribution >= 0.6 is 0 Å². The van der Waals surface area contributed by atoms with Crippen LogP contribution in [-0.2, 0) is 9.53 Å². The number of ether oxygens (including phenoxy) is 3. The Morgan fingerprint density at radius 2 is 1.50 bits per heavy atom. The van der Waals surface area contributed by atoms with E-state index in [9.17, 15) is 9.59 Å². The van der Waals surface area contributed by atoms with Crippen LogP contribution in [0.25, 0.3) is 0 Å². The first-order valence-electron chi connectivity index (χ1n) is 8.58. The molecule has 0 atom stereocenters. The first-order valence-corrected chi connectivity index (χ1v) is 8.58. The minimum absolute atomic E-state index is 0.239. The summed E-state index contributed by atoms with van der Waals surface area (Å²) in [5.41, 5.74) is 0.818. The Bertz CT molecular complexity index is 939. The van der Waals surface area contributed by atoms with E-state index in [1.54, 1.807) is 67.8 Å². The van der Waals surface area contributed by atoms with Gasteiger partial charge in [-0.25, -0.2) is 4.79 Å². The van der Waals surface area contributed by atoms with Crippen LogP contribution in [0.1, 0.15) is 10.4 Å². The topological polar surface area (TPSA) is 73.9 Å². The number of para-hydroxylation sites is 2. The van der Waals surface area contributed by atoms with Crippen molar-refractivity contribution < 1.29 is 23.8 Å². The number of esters is 1. The van der Waals surface area contributed by atoms with Gasteiger partial charge in [0.2, 0.25) is 0 Å². The van der Waals surface area contributed by atoms with Gasteiger partial charge in [-0.05, 0) is 48.5 Å². The van der Waals surface area contributed by atoms with Gasteiger partial charge in [-0.3, -0.25) is 4.79 Å². The molecule has 0 heterocycles. The lowest BCUT2D eigenvalue weighted by molar-refractivity contribution is -0.119. The molecule has 0 aliphatic carbocycles. The van der Waals surface area contributed by atoms with Crippen LogP contribution in [-0.4, -0.2) is 25.6 Å². The smallest absolute Gasteiger partial charge is 0.342 e. The summed E-state index contributed by atoms with van der Waals surface area (Å²) in [7, 11) is 1.56. The number of nitrogens with one attached hydrogen (secondary N) is 1. The summed E-state index contributed by atoms with van der Waals surface area (Å²) in [6.45, 7) is -0.412. The van der Waals surface area contributed by atoms with Crippen molar-refractivity contribution in [3.63, 3.8) is 0 Å². The molecule has 0 bridgehead atoms. The van der Waals surface area contributed by atoms with Crippen molar-refractivity contribution in [2.24, 2.45) is 0 Å². The highest BCUT2D eigenvalue weighted by molar-refractivity contribution is 5.96. The van der Waals surface area contributed by atoms with Gasteiger partial charge >= 0.3 is 5.97 Å². The fourth-order valence-corrected chi connectivity index (χ4v) is 2.42. The van der Waals surface area contributed by atoms with Gasteiger partial charge in [0.15, 0.2) is 6.61 Å². The minimum atomic E-state index is -0.642. The number of benzene rings is 3. The molecule has 0 aromatic heterocycles. The van der Waals surface area contributed by atoms with Gasteiger partial charge in [-0.2, -0.15) is 0 Å². The molecule has 0 radical (unpaired) electrons. The largest absolute Gasteiger partial charge is 0.497 e. The maximum Gasteiger partial charge on any atom is 0.342 e. The van der Waals surface area contributed by atoms with Crippen molar-refractivity contribution >= 4 is 17.6 Å². The Morgan fingerprint density at radius 1 is 0.821 bits per heavy atom.